The molecule has 9 rings (SSSR count). The second-order valence-electron chi connectivity index (χ2n) is 13.5. The first-order valence-corrected chi connectivity index (χ1v) is 18.1. The number of allylic oxidation sites excluding steroid dienone is 5. The Morgan fingerprint density at radius 3 is 1.50 bits per heavy atom. The molecule has 0 atom stereocenters. The number of benzene rings is 6. The number of pyridine rings is 1. The van der Waals surface area contributed by atoms with Gasteiger partial charge in [0.05, 0.1) is 75.2 Å². The monoisotopic (exact) mass is 714 g/mol. The van der Waals surface area contributed by atoms with Crippen molar-refractivity contribution < 1.29 is 0 Å². The van der Waals surface area contributed by atoms with Crippen LogP contribution in [0.2, 0.25) is 0 Å². The third kappa shape index (κ3) is 5.62. The number of rotatable bonds is 7. The summed E-state index contributed by atoms with van der Waals surface area (Å²) in [5, 5.41) is 32.7. The predicted molar refractivity (Wildman–Crippen MR) is 226 cm³/mol. The molecule has 0 saturated carbocycles. The predicted octanol–water partition coefficient (Wildman–Crippen LogP) is 12.0. The fourth-order valence-electron chi connectivity index (χ4n) is 7.82. The number of nitrogens with zero attached hydrogens (tertiary/aromatic N) is 6. The van der Waals surface area contributed by atoms with Gasteiger partial charge in [-0.15, -0.1) is 0 Å². The van der Waals surface area contributed by atoms with Gasteiger partial charge in [-0.05, 0) is 88.5 Å². The van der Waals surface area contributed by atoms with Gasteiger partial charge < -0.3 is 9.13 Å². The van der Waals surface area contributed by atoms with Crippen LogP contribution in [0.3, 0.4) is 0 Å². The van der Waals surface area contributed by atoms with Crippen LogP contribution in [-0.4, -0.2) is 14.1 Å². The molecular formula is C50H30N6. The van der Waals surface area contributed by atoms with Crippen LogP contribution < -0.4 is 0 Å². The van der Waals surface area contributed by atoms with E-state index in [0.29, 0.717) is 11.1 Å². The Kier molecular flexibility index (Phi) is 8.37. The second kappa shape index (κ2) is 14.0. The molecule has 3 aromatic heterocycles. The van der Waals surface area contributed by atoms with Crippen LogP contribution in [0.4, 0.5) is 0 Å². The number of hydrogen-bond acceptors (Lipinski definition) is 4. The van der Waals surface area contributed by atoms with Gasteiger partial charge in [-0.2, -0.15) is 15.8 Å². The molecule has 0 amide bonds. The van der Waals surface area contributed by atoms with Crippen molar-refractivity contribution in [2.75, 3.05) is 0 Å². The van der Waals surface area contributed by atoms with Gasteiger partial charge in [0.1, 0.15) is 0 Å². The van der Waals surface area contributed by atoms with Crippen LogP contribution in [0.1, 0.15) is 16.7 Å². The molecule has 6 nitrogen and oxygen atoms in total. The fourth-order valence-corrected chi connectivity index (χ4v) is 7.82. The second-order valence-corrected chi connectivity index (χ2v) is 13.5. The zero-order valence-corrected chi connectivity index (χ0v) is 30.1. The molecule has 260 valence electrons. The van der Waals surface area contributed by atoms with Crippen molar-refractivity contribution in [2.45, 2.75) is 0 Å². The van der Waals surface area contributed by atoms with Crippen molar-refractivity contribution in [1.82, 2.24) is 14.1 Å². The molecule has 0 aliphatic carbocycles. The number of hydrogen-bond donors (Lipinski definition) is 0. The van der Waals surface area contributed by atoms with Gasteiger partial charge in [0, 0.05) is 33.2 Å². The summed E-state index contributed by atoms with van der Waals surface area (Å²) < 4.78 is 4.51. The van der Waals surface area contributed by atoms with E-state index in [1.54, 1.807) is 6.08 Å². The van der Waals surface area contributed by atoms with Crippen LogP contribution in [0.15, 0.2) is 177 Å². The molecule has 0 aliphatic heterocycles. The van der Waals surface area contributed by atoms with Gasteiger partial charge in [0.25, 0.3) is 0 Å². The Balaban J connectivity index is 1.32. The Morgan fingerprint density at radius 2 is 1.00 bits per heavy atom. The highest BCUT2D eigenvalue weighted by molar-refractivity contribution is 6.12. The lowest BCUT2D eigenvalue weighted by Gasteiger charge is -2.19. The maximum Gasteiger partial charge on any atom is 0.0991 e. The average molecular weight is 715 g/mol. The fraction of sp³-hybridized carbons (Fsp3) is 0. The maximum absolute atomic E-state index is 9.59. The highest BCUT2D eigenvalue weighted by Gasteiger charge is 2.22. The SMILES string of the molecule is C=C(/C=C\C=C/C#N)c1c(-n2c3ccccc3c3cc(-c4cccc(C#N)c4)ccc32)cncc1-n1c2ccccc2c2cc(-c3cccc(C#N)c3)ccc21. The lowest BCUT2D eigenvalue weighted by Crippen LogP contribution is -2.06. The van der Waals surface area contributed by atoms with E-state index < -0.39 is 0 Å². The molecule has 0 unspecified atom stereocenters. The molecule has 0 spiro atoms. The third-order valence-electron chi connectivity index (χ3n) is 10.3. The minimum absolute atomic E-state index is 0.614. The van der Waals surface area contributed by atoms with E-state index in [-0.39, 0.29) is 0 Å². The summed E-state index contributed by atoms with van der Waals surface area (Å²) in [6, 6.07) is 51.5. The number of para-hydroxylation sites is 2. The minimum Gasteiger partial charge on any atom is -0.307 e. The van der Waals surface area contributed by atoms with Gasteiger partial charge in [-0.25, -0.2) is 0 Å². The van der Waals surface area contributed by atoms with E-state index in [1.807, 2.05) is 85.2 Å². The third-order valence-corrected chi connectivity index (χ3v) is 10.3. The van der Waals surface area contributed by atoms with Crippen LogP contribution >= 0.6 is 0 Å². The first-order chi connectivity index (χ1) is 27.6. The van der Waals surface area contributed by atoms with Gasteiger partial charge in [-0.1, -0.05) is 97.6 Å². The molecular weight excluding hydrogens is 685 g/mol. The van der Waals surface area contributed by atoms with E-state index in [0.717, 1.165) is 88.4 Å². The smallest absolute Gasteiger partial charge is 0.0991 e. The first kappa shape index (κ1) is 33.6. The molecule has 0 bridgehead atoms. The highest BCUT2D eigenvalue weighted by Crippen LogP contribution is 2.41. The van der Waals surface area contributed by atoms with Gasteiger partial charge >= 0.3 is 0 Å². The lowest BCUT2D eigenvalue weighted by molar-refractivity contribution is 1.08. The van der Waals surface area contributed by atoms with Crippen molar-refractivity contribution in [2.24, 2.45) is 0 Å². The average Bonchev–Trinajstić information content (AvgIpc) is 3.77. The molecule has 6 heteroatoms. The lowest BCUT2D eigenvalue weighted by atomic mass is 10.0. The largest absolute Gasteiger partial charge is 0.307 e. The summed E-state index contributed by atoms with van der Waals surface area (Å²) in [7, 11) is 0. The standard InChI is InChI=1S/C50H30N6/c1-33(11-3-2-8-24-51)50-48(55-44-18-6-4-16-40(44)42-27-38(20-22-46(42)55)36-14-9-12-34(25-36)29-52)31-54-32-49(50)56-45-19-7-5-17-41(45)43-28-39(21-23-47(43)56)37-15-10-13-35(26-37)30-53/h2-23,25-28,31-32H,1H2/b8-2-,11-3-. The summed E-state index contributed by atoms with van der Waals surface area (Å²) >= 11 is 0. The first-order valence-electron chi connectivity index (χ1n) is 18.1. The molecule has 0 saturated heterocycles. The van der Waals surface area contributed by atoms with Crippen molar-refractivity contribution >= 4 is 49.2 Å². The number of fused-ring (bicyclic) bond motifs is 6. The molecule has 0 N–H and O–H groups in total. The van der Waals surface area contributed by atoms with Crippen LogP contribution in [0.5, 0.6) is 0 Å². The molecule has 3 heterocycles. The van der Waals surface area contributed by atoms with E-state index in [1.165, 1.54) is 6.08 Å². The van der Waals surface area contributed by atoms with Crippen molar-refractivity contribution in [3.8, 4) is 51.8 Å². The van der Waals surface area contributed by atoms with E-state index in [4.69, 9.17) is 4.98 Å². The summed E-state index contributed by atoms with van der Waals surface area (Å²) in [5.74, 6) is 0. The van der Waals surface area contributed by atoms with Gasteiger partial charge in [0.2, 0.25) is 0 Å². The summed E-state index contributed by atoms with van der Waals surface area (Å²) in [6.07, 6.45) is 10.7. The zero-order valence-electron chi connectivity index (χ0n) is 30.1. The van der Waals surface area contributed by atoms with Crippen LogP contribution in [0, 0.1) is 34.0 Å². The van der Waals surface area contributed by atoms with Crippen LogP contribution in [-0.2, 0) is 0 Å². The summed E-state index contributed by atoms with van der Waals surface area (Å²) in [5.41, 5.74) is 12.6. The molecule has 6 aromatic carbocycles. The topological polar surface area (TPSA) is 94.1 Å². The van der Waals surface area contributed by atoms with Crippen LogP contribution in [0.25, 0.3) is 82.8 Å². The Labute approximate surface area is 323 Å². The highest BCUT2D eigenvalue weighted by atomic mass is 15.0. The molecule has 0 fully saturated rings. The number of nitriles is 3. The van der Waals surface area contributed by atoms with Crippen molar-refractivity contribution in [1.29, 1.82) is 15.8 Å². The molecule has 0 aliphatic rings. The van der Waals surface area contributed by atoms with E-state index in [2.05, 4.69) is 107 Å². The maximum atomic E-state index is 9.59. The molecule has 0 radical (unpaired) electrons. The van der Waals surface area contributed by atoms with Crippen molar-refractivity contribution in [3.63, 3.8) is 0 Å². The normalized spacial score (nSPS) is 11.4. The Morgan fingerprint density at radius 1 is 0.518 bits per heavy atom. The quantitative estimate of drug-likeness (QED) is 0.121. The van der Waals surface area contributed by atoms with Crippen molar-refractivity contribution in [3.05, 3.63) is 193 Å². The Hall–Kier alpha value is -8.24. The number of aromatic nitrogens is 3. The van der Waals surface area contributed by atoms with E-state index in [9.17, 15) is 15.8 Å². The Bertz CT molecular complexity index is 3070. The summed E-state index contributed by atoms with van der Waals surface area (Å²) in [4.78, 5) is 4.92. The van der Waals surface area contributed by atoms with Gasteiger partial charge in [0.15, 0.2) is 0 Å². The molecule has 9 aromatic rings. The van der Waals surface area contributed by atoms with E-state index >= 15 is 0 Å². The van der Waals surface area contributed by atoms with Gasteiger partial charge in [-0.3, -0.25) is 4.98 Å². The summed E-state index contributed by atoms with van der Waals surface area (Å²) in [6.45, 7) is 4.61. The zero-order chi connectivity index (χ0) is 38.2. The molecule has 56 heavy (non-hydrogen) atoms. The minimum atomic E-state index is 0.614.